The van der Waals surface area contributed by atoms with Crippen LogP contribution in [0, 0.1) is 17.6 Å². The predicted molar refractivity (Wildman–Crippen MR) is 112 cm³/mol. The number of carboxylic acids is 1. The highest BCUT2D eigenvalue weighted by molar-refractivity contribution is 5.94. The van der Waals surface area contributed by atoms with Gasteiger partial charge >= 0.3 is 5.97 Å². The number of aromatic nitrogens is 1. The van der Waals surface area contributed by atoms with Gasteiger partial charge in [0.25, 0.3) is 0 Å². The highest BCUT2D eigenvalue weighted by atomic mass is 19.1. The van der Waals surface area contributed by atoms with Crippen molar-refractivity contribution in [3.63, 3.8) is 0 Å². The smallest absolute Gasteiger partial charge is 0.341 e. The van der Waals surface area contributed by atoms with Gasteiger partial charge in [0.1, 0.15) is 24.2 Å². The SMILES string of the molecule is CO/N=C/Cn1cc(C(=O)O)c(=O)c2cc(F)c(N3C[C@@H]4CCCN(C)[C@@H]4C3)c(F)c21. The summed E-state index contributed by atoms with van der Waals surface area (Å²) >= 11 is 0. The van der Waals surface area contributed by atoms with Crippen LogP contribution in [0.15, 0.2) is 22.2 Å². The Balaban J connectivity index is 1.88. The Labute approximate surface area is 177 Å². The number of hydrogen-bond donors (Lipinski definition) is 1. The van der Waals surface area contributed by atoms with Crippen LogP contribution in [0.3, 0.4) is 0 Å². The predicted octanol–water partition coefficient (Wildman–Crippen LogP) is 2.14. The molecule has 2 atom stereocenters. The number of fused-ring (bicyclic) bond motifs is 2. The second kappa shape index (κ2) is 8.26. The Morgan fingerprint density at radius 2 is 2.16 bits per heavy atom. The Morgan fingerprint density at radius 1 is 1.39 bits per heavy atom. The maximum atomic E-state index is 15.8. The molecule has 0 spiro atoms. The number of pyridine rings is 1. The van der Waals surface area contributed by atoms with Gasteiger partial charge in [-0.1, -0.05) is 5.16 Å². The van der Waals surface area contributed by atoms with E-state index in [1.54, 1.807) is 4.90 Å². The largest absolute Gasteiger partial charge is 0.477 e. The third-order valence-corrected chi connectivity index (χ3v) is 6.29. The van der Waals surface area contributed by atoms with Gasteiger partial charge in [-0.15, -0.1) is 0 Å². The first-order valence-corrected chi connectivity index (χ1v) is 10.1. The van der Waals surface area contributed by atoms with E-state index in [0.29, 0.717) is 19.0 Å². The van der Waals surface area contributed by atoms with Gasteiger partial charge < -0.3 is 24.3 Å². The van der Waals surface area contributed by atoms with Crippen molar-refractivity contribution in [1.82, 2.24) is 9.47 Å². The minimum absolute atomic E-state index is 0.0547. The second-order valence-electron chi connectivity index (χ2n) is 8.07. The summed E-state index contributed by atoms with van der Waals surface area (Å²) in [4.78, 5) is 32.7. The lowest BCUT2D eigenvalue weighted by Gasteiger charge is -2.33. The summed E-state index contributed by atoms with van der Waals surface area (Å²) in [6.45, 7) is 1.91. The van der Waals surface area contributed by atoms with Crippen molar-refractivity contribution >= 4 is 28.8 Å². The molecule has 166 valence electrons. The number of carboxylic acid groups (broad SMARTS) is 1. The number of aromatic carboxylic acids is 1. The molecule has 1 aromatic heterocycles. The van der Waals surface area contributed by atoms with Crippen molar-refractivity contribution in [2.45, 2.75) is 25.4 Å². The number of hydrogen-bond acceptors (Lipinski definition) is 6. The first-order valence-electron chi connectivity index (χ1n) is 10.1. The lowest BCUT2D eigenvalue weighted by Crippen LogP contribution is -2.42. The molecule has 4 rings (SSSR count). The van der Waals surface area contributed by atoms with E-state index in [4.69, 9.17) is 0 Å². The average molecular weight is 434 g/mol. The summed E-state index contributed by atoms with van der Waals surface area (Å²) in [6, 6.07) is 1.16. The van der Waals surface area contributed by atoms with Gasteiger partial charge in [0.2, 0.25) is 5.43 Å². The standard InChI is InChI=1S/C21H24F2N4O4/c1-25-6-3-4-12-9-27(11-16(12)25)19-15(22)8-13-18(17(19)23)26(7-5-24-31-2)10-14(20(13)28)21(29)30/h5,8,10,12,16H,3-4,6-7,9,11H2,1-2H3,(H,29,30)/b24-5+/t12-,16+/m0/s1. The van der Waals surface area contributed by atoms with Crippen LogP contribution < -0.4 is 10.3 Å². The number of carbonyl (C=O) groups is 1. The van der Waals surface area contributed by atoms with Gasteiger partial charge in [0.05, 0.1) is 23.7 Å². The molecule has 3 heterocycles. The summed E-state index contributed by atoms with van der Waals surface area (Å²) in [5.41, 5.74) is -1.84. The van der Waals surface area contributed by atoms with Gasteiger partial charge in [0, 0.05) is 25.3 Å². The van der Waals surface area contributed by atoms with Crippen LogP contribution in [-0.2, 0) is 11.4 Å². The van der Waals surface area contributed by atoms with Crippen molar-refractivity contribution in [1.29, 1.82) is 0 Å². The van der Waals surface area contributed by atoms with E-state index in [-0.39, 0.29) is 29.2 Å². The zero-order valence-electron chi connectivity index (χ0n) is 17.3. The Hall–Kier alpha value is -3.01. The average Bonchev–Trinajstić information content (AvgIpc) is 3.14. The molecule has 1 N–H and O–H groups in total. The summed E-state index contributed by atoms with van der Waals surface area (Å²) in [5, 5.41) is 12.6. The molecule has 1 aromatic carbocycles. The zero-order chi connectivity index (χ0) is 22.3. The van der Waals surface area contributed by atoms with Gasteiger partial charge in [-0.3, -0.25) is 4.79 Å². The number of rotatable bonds is 5. The molecule has 8 nitrogen and oxygen atoms in total. The van der Waals surface area contributed by atoms with Crippen molar-refractivity contribution in [3.05, 3.63) is 39.7 Å². The topological polar surface area (TPSA) is 87.4 Å². The van der Waals surface area contributed by atoms with E-state index < -0.39 is 28.6 Å². The molecular weight excluding hydrogens is 410 g/mol. The van der Waals surface area contributed by atoms with Crippen molar-refractivity contribution in [2.24, 2.45) is 11.1 Å². The number of oxime groups is 1. The normalized spacial score (nSPS) is 21.7. The van der Waals surface area contributed by atoms with Crippen molar-refractivity contribution < 1.29 is 23.5 Å². The number of likely N-dealkylation sites (tertiary alicyclic amines) is 1. The molecular formula is C21H24F2N4O4. The van der Waals surface area contributed by atoms with E-state index in [1.807, 2.05) is 7.05 Å². The molecule has 2 aliphatic rings. The van der Waals surface area contributed by atoms with Gasteiger partial charge in [-0.2, -0.15) is 0 Å². The molecule has 10 heteroatoms. The quantitative estimate of drug-likeness (QED) is 0.573. The molecule has 2 aromatic rings. The number of likely N-dealkylation sites (N-methyl/N-ethyl adjacent to an activating group) is 1. The number of piperidine rings is 1. The molecule has 0 radical (unpaired) electrons. The van der Waals surface area contributed by atoms with Crippen molar-refractivity contribution in [3.8, 4) is 0 Å². The summed E-state index contributed by atoms with van der Waals surface area (Å²) < 4.78 is 32.1. The first-order chi connectivity index (χ1) is 14.8. The fourth-order valence-corrected chi connectivity index (χ4v) is 4.85. The third kappa shape index (κ3) is 3.65. The molecule has 0 unspecified atom stereocenters. The number of anilines is 1. The Bertz CT molecular complexity index is 1120. The molecule has 0 amide bonds. The number of benzene rings is 1. The van der Waals surface area contributed by atoms with E-state index in [0.717, 1.165) is 31.6 Å². The zero-order valence-corrected chi connectivity index (χ0v) is 17.3. The van der Waals surface area contributed by atoms with Gasteiger partial charge in [0.15, 0.2) is 5.82 Å². The molecule has 31 heavy (non-hydrogen) atoms. The highest BCUT2D eigenvalue weighted by Gasteiger charge is 2.39. The van der Waals surface area contributed by atoms with E-state index in [9.17, 15) is 14.7 Å². The van der Waals surface area contributed by atoms with Crippen LogP contribution in [0.2, 0.25) is 0 Å². The molecule has 0 aliphatic carbocycles. The fourth-order valence-electron chi connectivity index (χ4n) is 4.85. The molecule has 0 bridgehead atoms. The first kappa shape index (κ1) is 21.2. The summed E-state index contributed by atoms with van der Waals surface area (Å²) in [5.74, 6) is -2.90. The Morgan fingerprint density at radius 3 is 2.84 bits per heavy atom. The van der Waals surface area contributed by atoms with E-state index >= 15 is 8.78 Å². The number of halogens is 2. The fraction of sp³-hybridized carbons (Fsp3) is 0.476. The molecule has 2 saturated heterocycles. The monoisotopic (exact) mass is 434 g/mol. The van der Waals surface area contributed by atoms with Crippen LogP contribution in [0.1, 0.15) is 23.2 Å². The second-order valence-corrected chi connectivity index (χ2v) is 8.07. The minimum Gasteiger partial charge on any atom is -0.477 e. The van der Waals surface area contributed by atoms with E-state index in [1.165, 1.54) is 17.9 Å². The Kier molecular flexibility index (Phi) is 5.65. The minimum atomic E-state index is -1.47. The summed E-state index contributed by atoms with van der Waals surface area (Å²) in [6.07, 6.45) is 4.40. The van der Waals surface area contributed by atoms with Gasteiger partial charge in [-0.05, 0) is 38.4 Å². The maximum absolute atomic E-state index is 15.8. The van der Waals surface area contributed by atoms with Crippen LogP contribution in [0.4, 0.5) is 14.5 Å². The van der Waals surface area contributed by atoms with Crippen LogP contribution in [0.5, 0.6) is 0 Å². The van der Waals surface area contributed by atoms with Crippen LogP contribution >= 0.6 is 0 Å². The van der Waals surface area contributed by atoms with E-state index in [2.05, 4.69) is 14.9 Å². The van der Waals surface area contributed by atoms with Crippen LogP contribution in [0.25, 0.3) is 10.9 Å². The highest BCUT2D eigenvalue weighted by Crippen LogP contribution is 2.37. The lowest BCUT2D eigenvalue weighted by molar-refractivity contribution is 0.0695. The maximum Gasteiger partial charge on any atom is 0.341 e. The van der Waals surface area contributed by atoms with Gasteiger partial charge in [-0.25, -0.2) is 13.6 Å². The van der Waals surface area contributed by atoms with Crippen LogP contribution in [-0.4, -0.2) is 66.6 Å². The number of nitrogens with zero attached hydrogens (tertiary/aromatic N) is 4. The summed E-state index contributed by atoms with van der Waals surface area (Å²) in [7, 11) is 3.36. The third-order valence-electron chi connectivity index (χ3n) is 6.29. The molecule has 0 saturated carbocycles. The lowest BCUT2D eigenvalue weighted by atomic mass is 9.93. The van der Waals surface area contributed by atoms with Crippen molar-refractivity contribution in [2.75, 3.05) is 38.7 Å². The molecule has 2 aliphatic heterocycles. The molecule has 2 fully saturated rings.